The maximum atomic E-state index is 12.9. The largest absolute Gasteiger partial charge is 0.495 e. The van der Waals surface area contributed by atoms with Crippen LogP contribution in [-0.4, -0.2) is 87.9 Å². The maximum absolute atomic E-state index is 12.9. The van der Waals surface area contributed by atoms with Crippen molar-refractivity contribution in [2.45, 2.75) is 25.6 Å². The number of benzene rings is 1. The molecule has 2 heterocycles. The highest BCUT2D eigenvalue weighted by atomic mass is 19.4. The highest BCUT2D eigenvalue weighted by molar-refractivity contribution is 5.80. The zero-order chi connectivity index (χ0) is 21.7. The fourth-order valence-corrected chi connectivity index (χ4v) is 4.21. The Kier molecular flexibility index (Phi) is 7.33. The van der Waals surface area contributed by atoms with Gasteiger partial charge in [-0.25, -0.2) is 0 Å². The van der Waals surface area contributed by atoms with Gasteiger partial charge in [0.05, 0.1) is 12.8 Å². The Morgan fingerprint density at radius 2 is 1.90 bits per heavy atom. The highest BCUT2D eigenvalue weighted by Crippen LogP contribution is 2.31. The number of nitrogens with one attached hydrogen (secondary N) is 1. The topological polar surface area (TPSA) is 43.3 Å². The van der Waals surface area contributed by atoms with E-state index in [1.54, 1.807) is 14.2 Å². The predicted octanol–water partition coefficient (Wildman–Crippen LogP) is 2.67. The summed E-state index contributed by atoms with van der Waals surface area (Å²) in [7, 11) is 3.41. The van der Waals surface area contributed by atoms with Crippen molar-refractivity contribution in [1.29, 1.82) is 0 Å². The molecule has 2 saturated heterocycles. The summed E-state index contributed by atoms with van der Waals surface area (Å²) in [6, 6.07) is 6.63. The summed E-state index contributed by atoms with van der Waals surface area (Å²) in [5.41, 5.74) is 1.11. The molecule has 2 aliphatic rings. The first-order chi connectivity index (χ1) is 14.3. The Morgan fingerprint density at radius 1 is 1.20 bits per heavy atom. The molecule has 6 nitrogen and oxygen atoms in total. The number of ether oxygens (including phenoxy) is 1. The van der Waals surface area contributed by atoms with E-state index in [0.717, 1.165) is 43.5 Å². The van der Waals surface area contributed by atoms with Crippen molar-refractivity contribution >= 4 is 11.6 Å². The van der Waals surface area contributed by atoms with Crippen molar-refractivity contribution in [1.82, 2.24) is 15.1 Å². The standard InChI is InChI=1S/C21H32F3N5O/c1-16(21(22,23)24)27-10-12-28(13-11-27)20(25-2)26-14-17-8-9-29(15-17)18-6-4-5-7-19(18)30-3/h4-7,16-17H,8-15H2,1-3H3,(H,25,26). The lowest BCUT2D eigenvalue weighted by molar-refractivity contribution is -0.181. The van der Waals surface area contributed by atoms with Crippen LogP contribution in [0.25, 0.3) is 0 Å². The first kappa shape index (κ1) is 22.5. The third kappa shape index (κ3) is 5.30. The molecular formula is C21H32F3N5O. The van der Waals surface area contributed by atoms with Crippen LogP contribution in [0, 0.1) is 5.92 Å². The number of anilines is 1. The Bertz CT molecular complexity index is 719. The third-order valence-corrected chi connectivity index (χ3v) is 6.11. The quantitative estimate of drug-likeness (QED) is 0.578. The molecule has 2 atom stereocenters. The van der Waals surface area contributed by atoms with Crippen molar-refractivity contribution in [3.05, 3.63) is 24.3 Å². The monoisotopic (exact) mass is 427 g/mol. The Balaban J connectivity index is 1.48. The number of para-hydroxylation sites is 2. The third-order valence-electron chi connectivity index (χ3n) is 6.11. The number of piperazine rings is 1. The SMILES string of the molecule is CN=C(NCC1CCN(c2ccccc2OC)C1)N1CCN(C(C)C(F)(F)F)CC1. The van der Waals surface area contributed by atoms with Crippen LogP contribution in [0.5, 0.6) is 5.75 Å². The van der Waals surface area contributed by atoms with Crippen molar-refractivity contribution in [3.8, 4) is 5.75 Å². The normalized spacial score (nSPS) is 22.3. The second-order valence-electron chi connectivity index (χ2n) is 7.94. The van der Waals surface area contributed by atoms with E-state index in [4.69, 9.17) is 4.74 Å². The minimum absolute atomic E-state index is 0.381. The van der Waals surface area contributed by atoms with Crippen molar-refractivity contribution in [2.75, 3.05) is 64.9 Å². The summed E-state index contributed by atoms with van der Waals surface area (Å²) in [6.45, 7) is 5.77. The lowest BCUT2D eigenvalue weighted by Crippen LogP contribution is -2.57. The van der Waals surface area contributed by atoms with Crippen LogP contribution in [0.2, 0.25) is 0 Å². The van der Waals surface area contributed by atoms with Gasteiger partial charge in [-0.1, -0.05) is 12.1 Å². The van der Waals surface area contributed by atoms with Crippen molar-refractivity contribution in [3.63, 3.8) is 0 Å². The van der Waals surface area contributed by atoms with Gasteiger partial charge < -0.3 is 19.9 Å². The first-order valence-electron chi connectivity index (χ1n) is 10.5. The fourth-order valence-electron chi connectivity index (χ4n) is 4.21. The highest BCUT2D eigenvalue weighted by Gasteiger charge is 2.41. The molecule has 2 aliphatic heterocycles. The van der Waals surface area contributed by atoms with Gasteiger partial charge in [-0.15, -0.1) is 0 Å². The number of hydrogen-bond donors (Lipinski definition) is 1. The van der Waals surface area contributed by atoms with E-state index in [1.807, 2.05) is 23.1 Å². The molecule has 0 radical (unpaired) electrons. The molecular weight excluding hydrogens is 395 g/mol. The Hall–Kier alpha value is -2.16. The van der Waals surface area contributed by atoms with E-state index >= 15 is 0 Å². The average Bonchev–Trinajstić information content (AvgIpc) is 3.22. The number of hydrogen-bond acceptors (Lipinski definition) is 4. The van der Waals surface area contributed by atoms with E-state index in [1.165, 1.54) is 11.8 Å². The van der Waals surface area contributed by atoms with E-state index in [2.05, 4.69) is 21.3 Å². The molecule has 1 aromatic carbocycles. The van der Waals surface area contributed by atoms with Gasteiger partial charge in [-0.3, -0.25) is 9.89 Å². The minimum Gasteiger partial charge on any atom is -0.495 e. The molecule has 1 aromatic rings. The van der Waals surface area contributed by atoms with Crippen molar-refractivity contribution in [2.24, 2.45) is 10.9 Å². The van der Waals surface area contributed by atoms with Crippen LogP contribution in [0.1, 0.15) is 13.3 Å². The molecule has 168 valence electrons. The van der Waals surface area contributed by atoms with Crippen LogP contribution in [0.3, 0.4) is 0 Å². The smallest absolute Gasteiger partial charge is 0.403 e. The summed E-state index contributed by atoms with van der Waals surface area (Å²) in [5.74, 6) is 2.12. The van der Waals surface area contributed by atoms with E-state index in [-0.39, 0.29) is 0 Å². The molecule has 0 spiro atoms. The lowest BCUT2D eigenvalue weighted by atomic mass is 10.1. The van der Waals surface area contributed by atoms with Gasteiger partial charge in [0.1, 0.15) is 11.8 Å². The number of alkyl halides is 3. The molecule has 0 aromatic heterocycles. The minimum atomic E-state index is -4.18. The van der Waals surface area contributed by atoms with E-state index in [0.29, 0.717) is 32.1 Å². The van der Waals surface area contributed by atoms with Crippen LogP contribution in [0.4, 0.5) is 18.9 Å². The number of aliphatic imine (C=N–C) groups is 1. The molecule has 0 bridgehead atoms. The fraction of sp³-hybridized carbons (Fsp3) is 0.667. The number of rotatable bonds is 5. The van der Waals surface area contributed by atoms with Gasteiger partial charge in [0.2, 0.25) is 0 Å². The number of guanidine groups is 1. The van der Waals surface area contributed by atoms with Gasteiger partial charge in [0.15, 0.2) is 5.96 Å². The summed E-state index contributed by atoms with van der Waals surface area (Å²) < 4.78 is 44.3. The lowest BCUT2D eigenvalue weighted by Gasteiger charge is -2.39. The molecule has 0 amide bonds. The first-order valence-corrected chi connectivity index (χ1v) is 10.5. The van der Waals surface area contributed by atoms with Gasteiger partial charge >= 0.3 is 6.18 Å². The summed E-state index contributed by atoms with van der Waals surface area (Å²) in [5, 5.41) is 3.43. The zero-order valence-corrected chi connectivity index (χ0v) is 18.0. The van der Waals surface area contributed by atoms with Crippen LogP contribution < -0.4 is 15.0 Å². The van der Waals surface area contributed by atoms with Crippen molar-refractivity contribution < 1.29 is 17.9 Å². The average molecular weight is 428 g/mol. The molecule has 0 saturated carbocycles. The molecule has 2 unspecified atom stereocenters. The Labute approximate surface area is 176 Å². The summed E-state index contributed by atoms with van der Waals surface area (Å²) >= 11 is 0. The second-order valence-corrected chi connectivity index (χ2v) is 7.94. The van der Waals surface area contributed by atoms with E-state index in [9.17, 15) is 13.2 Å². The molecule has 0 aliphatic carbocycles. The Morgan fingerprint density at radius 3 is 2.53 bits per heavy atom. The van der Waals surface area contributed by atoms with Gasteiger partial charge in [0, 0.05) is 52.9 Å². The number of nitrogens with zero attached hydrogens (tertiary/aromatic N) is 4. The van der Waals surface area contributed by atoms with Crippen LogP contribution in [0.15, 0.2) is 29.3 Å². The molecule has 3 rings (SSSR count). The molecule has 9 heteroatoms. The van der Waals surface area contributed by atoms with Crippen LogP contribution in [-0.2, 0) is 0 Å². The predicted molar refractivity (Wildman–Crippen MR) is 113 cm³/mol. The van der Waals surface area contributed by atoms with Gasteiger partial charge in [-0.05, 0) is 31.4 Å². The zero-order valence-electron chi connectivity index (χ0n) is 18.0. The van der Waals surface area contributed by atoms with E-state index < -0.39 is 12.2 Å². The molecule has 1 N–H and O–H groups in total. The molecule has 2 fully saturated rings. The second kappa shape index (κ2) is 9.76. The number of methoxy groups -OCH3 is 1. The van der Waals surface area contributed by atoms with Crippen LogP contribution >= 0.6 is 0 Å². The maximum Gasteiger partial charge on any atom is 0.403 e. The number of halogens is 3. The van der Waals surface area contributed by atoms with Gasteiger partial charge in [0.25, 0.3) is 0 Å². The summed E-state index contributed by atoms with van der Waals surface area (Å²) in [6.07, 6.45) is -3.11. The summed E-state index contributed by atoms with van der Waals surface area (Å²) in [4.78, 5) is 10.2. The molecule has 30 heavy (non-hydrogen) atoms. The van der Waals surface area contributed by atoms with Gasteiger partial charge in [-0.2, -0.15) is 13.2 Å².